The number of nitrogens with two attached hydrogens (primary N) is 1. The lowest BCUT2D eigenvalue weighted by atomic mass is 9.96. The largest absolute Gasteiger partial charge is 0.487 e. The van der Waals surface area contributed by atoms with E-state index in [9.17, 15) is 14.7 Å². The van der Waals surface area contributed by atoms with Gasteiger partial charge in [-0.3, -0.25) is 4.79 Å². The quantitative estimate of drug-likeness (QED) is 0.816. The first-order valence-corrected chi connectivity index (χ1v) is 10.1. The third-order valence-corrected chi connectivity index (χ3v) is 6.62. The van der Waals surface area contributed by atoms with Crippen LogP contribution >= 0.6 is 0 Å². The Kier molecular flexibility index (Phi) is 4.10. The number of ether oxygens (including phenoxy) is 1. The number of aromatic carboxylic acids is 1. The van der Waals surface area contributed by atoms with E-state index < -0.39 is 17.2 Å². The third kappa shape index (κ3) is 2.80. The molecule has 0 amide bonds. The zero-order valence-electron chi connectivity index (χ0n) is 16.2. The molecule has 2 aromatic rings. The second kappa shape index (κ2) is 6.45. The molecule has 0 bridgehead atoms. The molecule has 1 aliphatic carbocycles. The van der Waals surface area contributed by atoms with E-state index >= 15 is 4.39 Å². The van der Waals surface area contributed by atoms with Crippen molar-refractivity contribution in [3.8, 4) is 5.75 Å². The summed E-state index contributed by atoms with van der Waals surface area (Å²) in [5.41, 5.74) is 6.15. The van der Waals surface area contributed by atoms with Gasteiger partial charge < -0.3 is 25.0 Å². The number of carboxylic acid groups (broad SMARTS) is 1. The van der Waals surface area contributed by atoms with E-state index in [1.54, 1.807) is 4.57 Å². The lowest BCUT2D eigenvalue weighted by molar-refractivity contribution is 0.0694. The highest BCUT2D eigenvalue weighted by atomic mass is 19.1. The van der Waals surface area contributed by atoms with Crippen LogP contribution in [0.25, 0.3) is 10.9 Å². The molecule has 29 heavy (non-hydrogen) atoms. The minimum Gasteiger partial charge on any atom is -0.487 e. The molecule has 1 aromatic carbocycles. The minimum absolute atomic E-state index is 0.0399. The summed E-state index contributed by atoms with van der Waals surface area (Å²) in [5, 5.41) is 9.43. The zero-order chi connectivity index (χ0) is 20.4. The summed E-state index contributed by atoms with van der Waals surface area (Å²) in [4.78, 5) is 26.2. The number of anilines is 1. The van der Waals surface area contributed by atoms with Crippen molar-refractivity contribution in [3.63, 3.8) is 0 Å². The zero-order valence-corrected chi connectivity index (χ0v) is 16.2. The molecular formula is C21H24FN3O4. The van der Waals surface area contributed by atoms with Gasteiger partial charge in [0.1, 0.15) is 17.9 Å². The summed E-state index contributed by atoms with van der Waals surface area (Å²) in [6, 6.07) is 1.13. The Balaban J connectivity index is 1.65. The first-order chi connectivity index (χ1) is 13.9. The van der Waals surface area contributed by atoms with Crippen molar-refractivity contribution < 1.29 is 19.0 Å². The highest BCUT2D eigenvalue weighted by molar-refractivity contribution is 5.97. The van der Waals surface area contributed by atoms with Crippen molar-refractivity contribution >= 4 is 22.6 Å². The second-order valence-electron chi connectivity index (χ2n) is 8.59. The van der Waals surface area contributed by atoms with Crippen molar-refractivity contribution in [2.75, 3.05) is 24.6 Å². The van der Waals surface area contributed by atoms with E-state index in [-0.39, 0.29) is 29.6 Å². The van der Waals surface area contributed by atoms with Crippen LogP contribution in [0, 0.1) is 17.7 Å². The van der Waals surface area contributed by atoms with Gasteiger partial charge in [0.15, 0.2) is 11.6 Å². The SMILES string of the molecule is C[C@H]1COc2c(N3CC[C@@H]([C@@H](N)C4CC4)C3)c(F)cc3c(=O)c(C(=O)O)cn1c23. The molecule has 1 saturated heterocycles. The van der Waals surface area contributed by atoms with Crippen LogP contribution in [0.2, 0.25) is 0 Å². The van der Waals surface area contributed by atoms with Crippen molar-refractivity contribution in [2.24, 2.45) is 17.6 Å². The number of hydrogen-bond acceptors (Lipinski definition) is 5. The molecule has 2 aliphatic heterocycles. The fourth-order valence-corrected chi connectivity index (χ4v) is 4.83. The Morgan fingerprint density at radius 1 is 1.34 bits per heavy atom. The molecule has 7 nitrogen and oxygen atoms in total. The molecule has 3 aliphatic rings. The van der Waals surface area contributed by atoms with Crippen molar-refractivity contribution in [3.05, 3.63) is 33.9 Å². The summed E-state index contributed by atoms with van der Waals surface area (Å²) in [6.07, 6.45) is 4.59. The molecule has 2 fully saturated rings. The maximum atomic E-state index is 15.2. The number of hydrogen-bond donors (Lipinski definition) is 2. The molecule has 1 saturated carbocycles. The molecular weight excluding hydrogens is 377 g/mol. The maximum Gasteiger partial charge on any atom is 0.341 e. The summed E-state index contributed by atoms with van der Waals surface area (Å²) in [5.74, 6) is -0.663. The van der Waals surface area contributed by atoms with Crippen LogP contribution in [0.4, 0.5) is 10.1 Å². The Morgan fingerprint density at radius 3 is 2.79 bits per heavy atom. The number of carboxylic acids is 1. The first kappa shape index (κ1) is 18.4. The van der Waals surface area contributed by atoms with Crippen LogP contribution in [0.3, 0.4) is 0 Å². The lowest BCUT2D eigenvalue weighted by Gasteiger charge is -2.31. The van der Waals surface area contributed by atoms with Gasteiger partial charge in [-0.05, 0) is 44.1 Å². The summed E-state index contributed by atoms with van der Waals surface area (Å²) in [6.45, 7) is 3.49. The normalized spacial score (nSPS) is 24.6. The second-order valence-corrected chi connectivity index (χ2v) is 8.59. The average Bonchev–Trinajstić information content (AvgIpc) is 3.42. The first-order valence-electron chi connectivity index (χ1n) is 10.1. The highest BCUT2D eigenvalue weighted by Gasteiger charge is 2.39. The lowest BCUT2D eigenvalue weighted by Crippen LogP contribution is -2.35. The van der Waals surface area contributed by atoms with E-state index in [4.69, 9.17) is 10.5 Å². The Bertz CT molecular complexity index is 1080. The molecule has 3 heterocycles. The molecule has 0 radical (unpaired) electrons. The predicted octanol–water partition coefficient (Wildman–Crippen LogP) is 2.36. The summed E-state index contributed by atoms with van der Waals surface area (Å²) in [7, 11) is 0. The van der Waals surface area contributed by atoms with Gasteiger partial charge in [-0.15, -0.1) is 0 Å². The topological polar surface area (TPSA) is 97.8 Å². The van der Waals surface area contributed by atoms with Crippen LogP contribution in [0.5, 0.6) is 5.75 Å². The van der Waals surface area contributed by atoms with Gasteiger partial charge in [-0.2, -0.15) is 0 Å². The van der Waals surface area contributed by atoms with Crippen molar-refractivity contribution in [1.82, 2.24) is 4.57 Å². The molecule has 0 spiro atoms. The molecule has 3 atom stereocenters. The van der Waals surface area contributed by atoms with E-state index in [1.165, 1.54) is 19.0 Å². The van der Waals surface area contributed by atoms with E-state index in [0.29, 0.717) is 41.9 Å². The number of aromatic nitrogens is 1. The van der Waals surface area contributed by atoms with E-state index in [2.05, 4.69) is 0 Å². The van der Waals surface area contributed by atoms with Gasteiger partial charge in [-0.1, -0.05) is 0 Å². The van der Waals surface area contributed by atoms with Gasteiger partial charge in [0, 0.05) is 25.3 Å². The van der Waals surface area contributed by atoms with Gasteiger partial charge in [0.2, 0.25) is 5.43 Å². The molecule has 8 heteroatoms. The number of carbonyl (C=O) groups is 1. The molecule has 154 valence electrons. The van der Waals surface area contributed by atoms with Gasteiger partial charge >= 0.3 is 5.97 Å². The third-order valence-electron chi connectivity index (χ3n) is 6.62. The summed E-state index contributed by atoms with van der Waals surface area (Å²) >= 11 is 0. The van der Waals surface area contributed by atoms with Crippen molar-refractivity contribution in [2.45, 2.75) is 38.3 Å². The molecule has 1 aromatic heterocycles. The Morgan fingerprint density at radius 2 is 2.10 bits per heavy atom. The minimum atomic E-state index is -1.32. The van der Waals surface area contributed by atoms with Gasteiger partial charge in [-0.25, -0.2) is 9.18 Å². The Hall–Kier alpha value is -2.61. The van der Waals surface area contributed by atoms with Crippen LogP contribution in [0.15, 0.2) is 17.1 Å². The van der Waals surface area contributed by atoms with Gasteiger partial charge in [0.05, 0.1) is 16.9 Å². The van der Waals surface area contributed by atoms with Gasteiger partial charge in [0.25, 0.3) is 0 Å². The molecule has 0 unspecified atom stereocenters. The number of benzene rings is 1. The van der Waals surface area contributed by atoms with Crippen LogP contribution in [-0.2, 0) is 0 Å². The maximum absolute atomic E-state index is 15.2. The predicted molar refractivity (Wildman–Crippen MR) is 106 cm³/mol. The highest BCUT2D eigenvalue weighted by Crippen LogP contribution is 2.44. The van der Waals surface area contributed by atoms with Crippen LogP contribution < -0.4 is 20.8 Å². The fraction of sp³-hybridized carbons (Fsp3) is 0.524. The van der Waals surface area contributed by atoms with Crippen LogP contribution in [-0.4, -0.2) is 41.4 Å². The standard InChI is InChI=1S/C21H24FN3O4/c1-10-9-29-20-17-13(19(26)14(21(27)28)8-25(10)17)6-15(22)18(20)24-5-4-12(7-24)16(23)11-2-3-11/h6,8,10-12,16H,2-5,7,9,23H2,1H3,(H,27,28)/t10-,12+,16-/m0/s1. The molecule has 3 N–H and O–H groups in total. The number of halogens is 1. The summed E-state index contributed by atoms with van der Waals surface area (Å²) < 4.78 is 22.9. The molecule has 5 rings (SSSR count). The fourth-order valence-electron chi connectivity index (χ4n) is 4.83. The van der Waals surface area contributed by atoms with Crippen molar-refractivity contribution in [1.29, 1.82) is 0 Å². The Labute approximate surface area is 166 Å². The smallest absolute Gasteiger partial charge is 0.341 e. The number of nitrogens with zero attached hydrogens (tertiary/aromatic N) is 2. The number of rotatable bonds is 4. The van der Waals surface area contributed by atoms with E-state index in [0.717, 1.165) is 12.5 Å². The van der Waals surface area contributed by atoms with E-state index in [1.807, 2.05) is 11.8 Å². The monoisotopic (exact) mass is 401 g/mol. The number of pyridine rings is 1. The average molecular weight is 401 g/mol. The van der Waals surface area contributed by atoms with Crippen LogP contribution in [0.1, 0.15) is 42.6 Å².